The number of carbonyl (C=O) groups excluding carboxylic acids is 1. The van der Waals surface area contributed by atoms with Crippen molar-refractivity contribution in [2.45, 2.75) is 6.42 Å². The number of ketones is 1. The topological polar surface area (TPSA) is 40.9 Å². The summed E-state index contributed by atoms with van der Waals surface area (Å²) in [6.07, 6.45) is -0.234. The Kier molecular flexibility index (Phi) is 3.15. The minimum absolute atomic E-state index is 0.121. The zero-order valence-corrected chi connectivity index (χ0v) is 8.14. The van der Waals surface area contributed by atoms with Gasteiger partial charge in [-0.05, 0) is 22.0 Å². The van der Waals surface area contributed by atoms with Crippen LogP contribution in [0.15, 0.2) is 22.7 Å². The van der Waals surface area contributed by atoms with Crippen molar-refractivity contribution in [2.75, 3.05) is 0 Å². The second-order valence-electron chi connectivity index (χ2n) is 2.36. The minimum Gasteiger partial charge on any atom is -0.293 e. The van der Waals surface area contributed by atoms with Crippen LogP contribution in [0, 0.1) is 17.1 Å². The van der Waals surface area contributed by atoms with Gasteiger partial charge in [0.15, 0.2) is 5.78 Å². The van der Waals surface area contributed by atoms with Gasteiger partial charge in [-0.15, -0.1) is 0 Å². The molecule has 0 saturated carbocycles. The first-order valence-electron chi connectivity index (χ1n) is 3.51. The van der Waals surface area contributed by atoms with Crippen molar-refractivity contribution in [2.24, 2.45) is 0 Å². The number of carbonyl (C=O) groups is 1. The molecule has 0 saturated heterocycles. The van der Waals surface area contributed by atoms with Crippen LogP contribution in [0.1, 0.15) is 16.8 Å². The molecule has 4 heteroatoms. The number of rotatable bonds is 2. The lowest BCUT2D eigenvalue weighted by atomic mass is 10.1. The van der Waals surface area contributed by atoms with Crippen molar-refractivity contribution in [3.63, 3.8) is 0 Å². The predicted molar refractivity (Wildman–Crippen MR) is 48.7 cm³/mol. The van der Waals surface area contributed by atoms with E-state index in [-0.39, 0.29) is 22.2 Å². The monoisotopic (exact) mass is 241 g/mol. The van der Waals surface area contributed by atoms with Crippen LogP contribution in [0.3, 0.4) is 0 Å². The van der Waals surface area contributed by atoms with Crippen molar-refractivity contribution in [3.8, 4) is 6.07 Å². The number of nitrogens with zero attached hydrogens (tertiary/aromatic N) is 1. The molecule has 0 bridgehead atoms. The first-order chi connectivity index (χ1) is 6.16. The summed E-state index contributed by atoms with van der Waals surface area (Å²) in [5.74, 6) is -0.877. The summed E-state index contributed by atoms with van der Waals surface area (Å²) >= 11 is 2.95. The molecule has 0 heterocycles. The van der Waals surface area contributed by atoms with Crippen molar-refractivity contribution < 1.29 is 9.18 Å². The predicted octanol–water partition coefficient (Wildman–Crippen LogP) is 2.68. The smallest absolute Gasteiger partial charge is 0.178 e. The van der Waals surface area contributed by atoms with Gasteiger partial charge in [0.05, 0.1) is 17.0 Å². The van der Waals surface area contributed by atoms with Crippen LogP contribution >= 0.6 is 15.9 Å². The van der Waals surface area contributed by atoms with Gasteiger partial charge in [-0.1, -0.05) is 12.1 Å². The molecule has 0 aliphatic carbocycles. The molecule has 0 aliphatic heterocycles. The molecule has 0 amide bonds. The van der Waals surface area contributed by atoms with E-state index in [1.54, 1.807) is 6.07 Å². The maximum absolute atomic E-state index is 12.9. The van der Waals surface area contributed by atoms with Crippen LogP contribution in [0.2, 0.25) is 0 Å². The average molecular weight is 242 g/mol. The maximum Gasteiger partial charge on any atom is 0.178 e. The van der Waals surface area contributed by atoms with Gasteiger partial charge in [0.25, 0.3) is 0 Å². The van der Waals surface area contributed by atoms with E-state index in [0.29, 0.717) is 0 Å². The normalized spacial score (nSPS) is 9.31. The molecule has 1 aromatic carbocycles. The summed E-state index contributed by atoms with van der Waals surface area (Å²) in [5.41, 5.74) is 0.210. The quantitative estimate of drug-likeness (QED) is 0.748. The number of halogens is 2. The van der Waals surface area contributed by atoms with Gasteiger partial charge in [0.2, 0.25) is 0 Å². The lowest BCUT2D eigenvalue weighted by Crippen LogP contribution is -1.99. The van der Waals surface area contributed by atoms with Gasteiger partial charge >= 0.3 is 0 Å². The molecule has 2 nitrogen and oxygen atoms in total. The lowest BCUT2D eigenvalue weighted by molar-refractivity contribution is 0.0996. The molecule has 0 N–H and O–H groups in total. The van der Waals surface area contributed by atoms with Gasteiger partial charge in [0.1, 0.15) is 5.82 Å². The van der Waals surface area contributed by atoms with Crippen LogP contribution in [0.25, 0.3) is 0 Å². The van der Waals surface area contributed by atoms with E-state index >= 15 is 0 Å². The largest absolute Gasteiger partial charge is 0.293 e. The first kappa shape index (κ1) is 9.87. The van der Waals surface area contributed by atoms with E-state index in [9.17, 15) is 9.18 Å². The standard InChI is InChI=1S/C9H5BrFNO/c10-9-6(8(13)4-5-12)2-1-3-7(9)11/h1-3H,4H2. The summed E-state index contributed by atoms with van der Waals surface area (Å²) < 4.78 is 13.0. The Morgan fingerprint density at radius 1 is 1.62 bits per heavy atom. The zero-order valence-electron chi connectivity index (χ0n) is 6.55. The third-order valence-corrected chi connectivity index (χ3v) is 2.30. The molecule has 13 heavy (non-hydrogen) atoms. The fraction of sp³-hybridized carbons (Fsp3) is 0.111. The Morgan fingerprint density at radius 2 is 2.31 bits per heavy atom. The molecular weight excluding hydrogens is 237 g/mol. The van der Waals surface area contributed by atoms with Crippen LogP contribution < -0.4 is 0 Å². The Bertz CT molecular complexity index is 384. The van der Waals surface area contributed by atoms with Crippen molar-refractivity contribution in [1.82, 2.24) is 0 Å². The fourth-order valence-corrected chi connectivity index (χ4v) is 1.37. The molecule has 66 valence electrons. The molecule has 0 fully saturated rings. The second-order valence-corrected chi connectivity index (χ2v) is 3.15. The summed E-state index contributed by atoms with van der Waals surface area (Å²) in [4.78, 5) is 11.2. The Morgan fingerprint density at radius 3 is 2.92 bits per heavy atom. The first-order valence-corrected chi connectivity index (χ1v) is 4.30. The number of benzene rings is 1. The summed E-state index contributed by atoms with van der Waals surface area (Å²) in [5, 5.41) is 8.28. The number of Topliss-reactive ketones (excluding diaryl/α,β-unsaturated/α-hetero) is 1. The highest BCUT2D eigenvalue weighted by Gasteiger charge is 2.11. The molecule has 0 atom stereocenters. The molecular formula is C9H5BrFNO. The zero-order chi connectivity index (χ0) is 9.84. The maximum atomic E-state index is 12.9. The van der Waals surface area contributed by atoms with E-state index in [1.807, 2.05) is 0 Å². The molecule has 0 aliphatic rings. The fourth-order valence-electron chi connectivity index (χ4n) is 0.886. The van der Waals surface area contributed by atoms with Crippen LogP contribution in [0.4, 0.5) is 4.39 Å². The van der Waals surface area contributed by atoms with E-state index in [2.05, 4.69) is 15.9 Å². The summed E-state index contributed by atoms with van der Waals surface area (Å²) in [6.45, 7) is 0. The van der Waals surface area contributed by atoms with Gasteiger partial charge in [-0.2, -0.15) is 5.26 Å². The number of hydrogen-bond donors (Lipinski definition) is 0. The van der Waals surface area contributed by atoms with Crippen molar-refractivity contribution >= 4 is 21.7 Å². The highest BCUT2D eigenvalue weighted by Crippen LogP contribution is 2.21. The van der Waals surface area contributed by atoms with E-state index < -0.39 is 5.82 Å². The van der Waals surface area contributed by atoms with E-state index in [1.165, 1.54) is 18.2 Å². The highest BCUT2D eigenvalue weighted by molar-refractivity contribution is 9.10. The average Bonchev–Trinajstić information content (AvgIpc) is 2.10. The number of hydrogen-bond acceptors (Lipinski definition) is 2. The van der Waals surface area contributed by atoms with E-state index in [4.69, 9.17) is 5.26 Å². The van der Waals surface area contributed by atoms with Gasteiger partial charge in [-0.25, -0.2) is 4.39 Å². The van der Waals surface area contributed by atoms with Crippen molar-refractivity contribution in [1.29, 1.82) is 5.26 Å². The molecule has 1 aromatic rings. The molecule has 0 aromatic heterocycles. The Labute approximate surface area is 83.1 Å². The second kappa shape index (κ2) is 4.15. The minimum atomic E-state index is -0.496. The third-order valence-electron chi connectivity index (χ3n) is 1.49. The Hall–Kier alpha value is -1.21. The van der Waals surface area contributed by atoms with Gasteiger partial charge < -0.3 is 0 Å². The van der Waals surface area contributed by atoms with Gasteiger partial charge in [0, 0.05) is 5.56 Å². The summed E-state index contributed by atoms with van der Waals surface area (Å²) in [6, 6.07) is 5.88. The third kappa shape index (κ3) is 2.13. The van der Waals surface area contributed by atoms with Gasteiger partial charge in [-0.3, -0.25) is 4.79 Å². The van der Waals surface area contributed by atoms with Crippen LogP contribution in [0.5, 0.6) is 0 Å². The van der Waals surface area contributed by atoms with Crippen molar-refractivity contribution in [3.05, 3.63) is 34.1 Å². The molecule has 0 spiro atoms. The molecule has 1 rings (SSSR count). The lowest BCUT2D eigenvalue weighted by Gasteiger charge is -2.00. The highest BCUT2D eigenvalue weighted by atomic mass is 79.9. The van der Waals surface area contributed by atoms with Crippen LogP contribution in [-0.2, 0) is 0 Å². The SMILES string of the molecule is N#CCC(=O)c1cccc(F)c1Br. The van der Waals surface area contributed by atoms with E-state index in [0.717, 1.165) is 0 Å². The summed E-state index contributed by atoms with van der Waals surface area (Å²) in [7, 11) is 0. The van der Waals surface area contributed by atoms with Crippen LogP contribution in [-0.4, -0.2) is 5.78 Å². The Balaban J connectivity index is 3.09. The molecule has 0 radical (unpaired) electrons. The number of nitriles is 1. The molecule has 0 unspecified atom stereocenters.